The Morgan fingerprint density at radius 3 is 2.32 bits per heavy atom. The fourth-order valence-electron chi connectivity index (χ4n) is 1.94. The fraction of sp³-hybridized carbons (Fsp3) is 0.455. The number of carbonyl (C=O) groups is 2. The molecule has 8 nitrogen and oxygen atoms in total. The minimum atomic E-state index is -4.47. The first-order valence-electron chi connectivity index (χ1n) is 6.06. The molecular formula is C11H13N2NaO6S2. The van der Waals surface area contributed by atoms with E-state index in [0.29, 0.717) is 31.7 Å². The van der Waals surface area contributed by atoms with Crippen LogP contribution in [0.4, 0.5) is 0 Å². The summed E-state index contributed by atoms with van der Waals surface area (Å²) in [5, 5.41) is 0. The van der Waals surface area contributed by atoms with Gasteiger partial charge in [0, 0.05) is 26.2 Å². The van der Waals surface area contributed by atoms with Crippen LogP contribution in [-0.2, 0) is 13.9 Å². The van der Waals surface area contributed by atoms with Crippen molar-refractivity contribution in [2.24, 2.45) is 0 Å². The smallest absolute Gasteiger partial charge is 0.739 e. The van der Waals surface area contributed by atoms with E-state index in [2.05, 4.69) is 0 Å². The van der Waals surface area contributed by atoms with Gasteiger partial charge in [0.1, 0.15) is 15.4 Å². The summed E-state index contributed by atoms with van der Waals surface area (Å²) < 4.78 is 36.2. The third kappa shape index (κ3) is 5.60. The molecule has 1 aromatic heterocycles. The van der Waals surface area contributed by atoms with E-state index in [-0.39, 0.29) is 46.3 Å². The summed E-state index contributed by atoms with van der Waals surface area (Å²) in [5.41, 5.74) is 0.447. The summed E-state index contributed by atoms with van der Waals surface area (Å²) in [6.07, 6.45) is 2.77. The zero-order valence-electron chi connectivity index (χ0n) is 11.9. The second-order valence-corrected chi connectivity index (χ2v) is 7.63. The summed E-state index contributed by atoms with van der Waals surface area (Å²) in [7, 11) is -4.39. The van der Waals surface area contributed by atoms with Gasteiger partial charge in [-0.05, 0) is 16.9 Å². The molecule has 0 bridgehead atoms. The molecule has 22 heavy (non-hydrogen) atoms. The number of furan rings is 1. The number of amides is 2. The van der Waals surface area contributed by atoms with Crippen molar-refractivity contribution < 1.29 is 56.5 Å². The molecule has 0 atom stereocenters. The van der Waals surface area contributed by atoms with E-state index in [0.717, 1.165) is 0 Å². The SMILES string of the molecule is O=C(CSS(=O)(=O)[O-])N1CCN(C(=O)c2ccoc2)CC1.[Na+]. The molecular weight excluding hydrogens is 343 g/mol. The Hall–Kier alpha value is -0.520. The van der Waals surface area contributed by atoms with Crippen LogP contribution in [-0.4, -0.2) is 66.5 Å². The molecule has 1 aromatic rings. The predicted molar refractivity (Wildman–Crippen MR) is 73.3 cm³/mol. The van der Waals surface area contributed by atoms with Crippen molar-refractivity contribution in [2.75, 3.05) is 31.9 Å². The van der Waals surface area contributed by atoms with Crippen LogP contribution in [0.3, 0.4) is 0 Å². The Morgan fingerprint density at radius 2 is 1.82 bits per heavy atom. The van der Waals surface area contributed by atoms with Gasteiger partial charge in [0.2, 0.25) is 5.91 Å². The zero-order valence-corrected chi connectivity index (χ0v) is 15.6. The fourth-order valence-corrected chi connectivity index (χ4v) is 3.10. The molecule has 0 saturated carbocycles. The summed E-state index contributed by atoms with van der Waals surface area (Å²) in [4.78, 5) is 26.8. The van der Waals surface area contributed by atoms with Crippen LogP contribution in [0.15, 0.2) is 23.0 Å². The maximum atomic E-state index is 12.0. The molecule has 0 aromatic carbocycles. The van der Waals surface area contributed by atoms with Crippen LogP contribution in [0, 0.1) is 0 Å². The maximum Gasteiger partial charge on any atom is 1.00 e. The van der Waals surface area contributed by atoms with Crippen molar-refractivity contribution in [1.82, 2.24) is 9.80 Å². The van der Waals surface area contributed by atoms with Gasteiger partial charge in [-0.3, -0.25) is 9.59 Å². The Morgan fingerprint density at radius 1 is 1.23 bits per heavy atom. The topological polar surface area (TPSA) is 111 Å². The van der Waals surface area contributed by atoms with E-state index in [1.807, 2.05) is 0 Å². The summed E-state index contributed by atoms with van der Waals surface area (Å²) in [6.45, 7) is 1.32. The van der Waals surface area contributed by atoms with Crippen molar-refractivity contribution in [3.63, 3.8) is 0 Å². The molecule has 0 N–H and O–H groups in total. The average molecular weight is 356 g/mol. The molecule has 0 aliphatic carbocycles. The van der Waals surface area contributed by atoms with E-state index in [1.54, 1.807) is 11.0 Å². The standard InChI is InChI=1S/C11H14N2O6S2.Na/c14-10(8-20-21(16,17)18)12-2-4-13(5-3-12)11(15)9-1-6-19-7-9;/h1,6-7H,2-5,8H2,(H,16,17,18);/q;+1/p-1. The molecule has 2 rings (SSSR count). The van der Waals surface area contributed by atoms with Crippen molar-refractivity contribution in [1.29, 1.82) is 0 Å². The van der Waals surface area contributed by atoms with Crippen LogP contribution in [0.1, 0.15) is 10.4 Å². The second-order valence-electron chi connectivity index (χ2n) is 4.36. The third-order valence-corrected chi connectivity index (χ3v) is 4.89. The van der Waals surface area contributed by atoms with Crippen molar-refractivity contribution in [3.05, 3.63) is 24.2 Å². The van der Waals surface area contributed by atoms with Gasteiger partial charge in [-0.15, -0.1) is 0 Å². The molecule has 2 heterocycles. The molecule has 0 radical (unpaired) electrons. The van der Waals surface area contributed by atoms with Crippen LogP contribution >= 0.6 is 10.8 Å². The number of nitrogens with zero attached hydrogens (tertiary/aromatic N) is 2. The Balaban J connectivity index is 0.00000242. The van der Waals surface area contributed by atoms with E-state index < -0.39 is 20.8 Å². The van der Waals surface area contributed by atoms with Gasteiger partial charge in [-0.1, -0.05) is 0 Å². The number of piperazine rings is 1. The van der Waals surface area contributed by atoms with Crippen LogP contribution < -0.4 is 29.6 Å². The Bertz CT molecular complexity index is 611. The third-order valence-electron chi connectivity index (χ3n) is 3.01. The Labute approximate surface area is 153 Å². The van der Waals surface area contributed by atoms with Gasteiger partial charge >= 0.3 is 29.6 Å². The molecule has 0 spiro atoms. The van der Waals surface area contributed by atoms with Gasteiger partial charge in [0.25, 0.3) is 5.91 Å². The second kappa shape index (κ2) is 8.37. The monoisotopic (exact) mass is 356 g/mol. The Kier molecular flexibility index (Phi) is 7.42. The minimum Gasteiger partial charge on any atom is -0.739 e. The quantitative estimate of drug-likeness (QED) is 0.317. The molecule has 1 aliphatic heterocycles. The molecule has 1 saturated heterocycles. The van der Waals surface area contributed by atoms with Gasteiger partial charge in [-0.2, -0.15) is 0 Å². The maximum absolute atomic E-state index is 12.0. The van der Waals surface area contributed by atoms with Crippen molar-refractivity contribution in [2.45, 2.75) is 0 Å². The summed E-state index contributed by atoms with van der Waals surface area (Å²) >= 11 is 0. The van der Waals surface area contributed by atoms with E-state index in [4.69, 9.17) is 4.42 Å². The van der Waals surface area contributed by atoms with E-state index >= 15 is 0 Å². The minimum absolute atomic E-state index is 0. The first-order valence-corrected chi connectivity index (χ1v) is 8.97. The number of hydrogen-bond acceptors (Lipinski definition) is 7. The molecule has 1 fully saturated rings. The number of hydrogen-bond donors (Lipinski definition) is 0. The number of carbonyl (C=O) groups excluding carboxylic acids is 2. The van der Waals surface area contributed by atoms with Crippen molar-refractivity contribution >= 4 is 31.8 Å². The van der Waals surface area contributed by atoms with Gasteiger partial charge in [0.05, 0.1) is 17.6 Å². The van der Waals surface area contributed by atoms with E-state index in [1.165, 1.54) is 17.4 Å². The van der Waals surface area contributed by atoms with Crippen LogP contribution in [0.25, 0.3) is 0 Å². The molecule has 1 aliphatic rings. The van der Waals surface area contributed by atoms with Gasteiger partial charge in [0.15, 0.2) is 0 Å². The van der Waals surface area contributed by atoms with Crippen molar-refractivity contribution in [3.8, 4) is 0 Å². The largest absolute Gasteiger partial charge is 1.00 e. The first kappa shape index (κ1) is 19.5. The molecule has 0 unspecified atom stereocenters. The van der Waals surface area contributed by atoms with E-state index in [9.17, 15) is 22.6 Å². The number of rotatable bonds is 4. The van der Waals surface area contributed by atoms with Gasteiger partial charge in [-0.25, -0.2) is 8.42 Å². The normalized spacial score (nSPS) is 15.3. The molecule has 11 heteroatoms. The first-order chi connectivity index (χ1) is 9.87. The predicted octanol–water partition coefficient (Wildman–Crippen LogP) is -3.24. The average Bonchev–Trinajstić information content (AvgIpc) is 2.97. The molecule has 2 amide bonds. The van der Waals surface area contributed by atoms with Gasteiger partial charge < -0.3 is 18.8 Å². The summed E-state index contributed by atoms with van der Waals surface area (Å²) in [6, 6.07) is 1.57. The molecule has 116 valence electrons. The summed E-state index contributed by atoms with van der Waals surface area (Å²) in [5.74, 6) is -0.996. The van der Waals surface area contributed by atoms with Crippen LogP contribution in [0.5, 0.6) is 0 Å². The van der Waals surface area contributed by atoms with Crippen LogP contribution in [0.2, 0.25) is 0 Å². The zero-order chi connectivity index (χ0) is 15.5.